The van der Waals surface area contributed by atoms with Crippen molar-refractivity contribution < 1.29 is 9.53 Å². The summed E-state index contributed by atoms with van der Waals surface area (Å²) in [5.74, 6) is -0.366. The van der Waals surface area contributed by atoms with Crippen molar-refractivity contribution in [2.75, 3.05) is 6.61 Å². The summed E-state index contributed by atoms with van der Waals surface area (Å²) in [6, 6.07) is 51.8. The van der Waals surface area contributed by atoms with Crippen molar-refractivity contribution in [3.8, 4) is 33.4 Å². The molecule has 10 aromatic rings. The van der Waals surface area contributed by atoms with Gasteiger partial charge in [-0.15, -0.1) is 0 Å². The second-order valence-corrected chi connectivity index (χ2v) is 21.3. The Bertz CT molecular complexity index is 3370. The van der Waals surface area contributed by atoms with Gasteiger partial charge in [-0.05, 0) is 163 Å². The average Bonchev–Trinajstić information content (AvgIpc) is 3.58. The first kappa shape index (κ1) is 41.9. The van der Waals surface area contributed by atoms with E-state index < -0.39 is 5.41 Å². The third-order valence-electron chi connectivity index (χ3n) is 15.1. The molecule has 10 aromatic carbocycles. The first-order valence-corrected chi connectivity index (χ1v) is 23.9. The molecule has 66 heavy (non-hydrogen) atoms. The lowest BCUT2D eigenvalue weighted by Crippen LogP contribution is -2.26. The Morgan fingerprint density at radius 2 is 0.924 bits per heavy atom. The van der Waals surface area contributed by atoms with Crippen LogP contribution < -0.4 is 0 Å². The van der Waals surface area contributed by atoms with E-state index in [9.17, 15) is 4.79 Å². The van der Waals surface area contributed by atoms with Gasteiger partial charge in [0.25, 0.3) is 0 Å². The molecule has 11 rings (SSSR count). The molecule has 0 bridgehead atoms. The number of carbonyl (C=O) groups is 1. The van der Waals surface area contributed by atoms with Gasteiger partial charge in [-0.3, -0.25) is 0 Å². The molecular weight excluding hydrogens is 801 g/mol. The maximum atomic E-state index is 11.9. The van der Waals surface area contributed by atoms with Crippen molar-refractivity contribution in [1.82, 2.24) is 0 Å². The van der Waals surface area contributed by atoms with Gasteiger partial charge in [0.05, 0.1) is 6.61 Å². The zero-order valence-electron chi connectivity index (χ0n) is 39.5. The monoisotopic (exact) mass is 858 g/mol. The van der Waals surface area contributed by atoms with E-state index in [0.29, 0.717) is 6.61 Å². The summed E-state index contributed by atoms with van der Waals surface area (Å²) in [5, 5.41) is 15.7. The number of ether oxygens (including phenoxy) is 1. The molecule has 0 N–H and O–H groups in total. The fraction of sp³-hybridized carbons (Fsp3) is 0.234. The number of rotatable bonds is 10. The quantitative estimate of drug-likeness (QED) is 0.0450. The molecule has 1 aliphatic rings. The van der Waals surface area contributed by atoms with Crippen LogP contribution in [-0.4, -0.2) is 12.6 Å². The van der Waals surface area contributed by atoms with E-state index >= 15 is 0 Å². The van der Waals surface area contributed by atoms with Crippen LogP contribution in [0.5, 0.6) is 0 Å². The molecule has 2 heteroatoms. The highest BCUT2D eigenvalue weighted by Gasteiger charge is 2.44. The van der Waals surface area contributed by atoms with E-state index in [-0.39, 0.29) is 16.8 Å². The highest BCUT2D eigenvalue weighted by Crippen LogP contribution is 2.57. The summed E-state index contributed by atoms with van der Waals surface area (Å²) in [5.41, 5.74) is 13.7. The minimum atomic E-state index is -0.422. The van der Waals surface area contributed by atoms with Crippen molar-refractivity contribution in [3.05, 3.63) is 181 Å². The van der Waals surface area contributed by atoms with Crippen LogP contribution in [0.2, 0.25) is 0 Å². The summed E-state index contributed by atoms with van der Waals surface area (Å²) in [6.07, 6.45) is 4.82. The lowest BCUT2D eigenvalue weighted by atomic mass is 9.69. The van der Waals surface area contributed by atoms with E-state index in [1.165, 1.54) is 126 Å². The number of hydrogen-bond acceptors (Lipinski definition) is 2. The lowest BCUT2D eigenvalue weighted by Gasteiger charge is -2.34. The minimum Gasteiger partial charge on any atom is -0.463 e. The molecule has 1 aliphatic carbocycles. The standard InChI is InChI=1S/C64H58O2/c1-10-57(65)66-31-13-11-12-30-64(38(2)3)55-36-41(49-24-18-39-14-16-43-32-47(62(4,5)6)34-45-22-28-53(49)60(39)58(43)45)20-26-51(55)52-27-21-42(37-56(52)64)50-25-19-40-15-17-44-33-48(63(7,8)9)35-46-23-29-54(50)61(40)59(44)46/h10,14-29,32-37H,1-2,11-13,30-31H2,3-9H3. The molecule has 0 aliphatic heterocycles. The van der Waals surface area contributed by atoms with Crippen LogP contribution in [0.3, 0.4) is 0 Å². The van der Waals surface area contributed by atoms with Gasteiger partial charge in [0.15, 0.2) is 0 Å². The zero-order valence-corrected chi connectivity index (χ0v) is 39.5. The molecule has 0 heterocycles. The molecule has 0 amide bonds. The Morgan fingerprint density at radius 3 is 1.35 bits per heavy atom. The molecule has 326 valence electrons. The van der Waals surface area contributed by atoms with Gasteiger partial charge in [-0.25, -0.2) is 4.79 Å². The van der Waals surface area contributed by atoms with Gasteiger partial charge in [0, 0.05) is 11.5 Å². The Kier molecular flexibility index (Phi) is 9.61. The lowest BCUT2D eigenvalue weighted by molar-refractivity contribution is -0.137. The number of esters is 1. The van der Waals surface area contributed by atoms with E-state index in [1.807, 2.05) is 0 Å². The second-order valence-electron chi connectivity index (χ2n) is 21.3. The number of fused-ring (bicyclic) bond motifs is 3. The first-order valence-electron chi connectivity index (χ1n) is 23.9. The van der Waals surface area contributed by atoms with E-state index in [4.69, 9.17) is 11.3 Å². The maximum absolute atomic E-state index is 11.9. The minimum absolute atomic E-state index is 0.0607. The number of hydrogen-bond donors (Lipinski definition) is 0. The molecule has 0 aromatic heterocycles. The van der Waals surface area contributed by atoms with Crippen molar-refractivity contribution in [2.24, 2.45) is 0 Å². The summed E-state index contributed by atoms with van der Waals surface area (Å²) in [7, 11) is 0. The number of allylic oxidation sites excluding steroid dienone is 1. The maximum Gasteiger partial charge on any atom is 0.330 e. The summed E-state index contributed by atoms with van der Waals surface area (Å²) in [4.78, 5) is 11.9. The van der Waals surface area contributed by atoms with E-state index in [2.05, 4.69) is 189 Å². The van der Waals surface area contributed by atoms with Gasteiger partial charge in [-0.1, -0.05) is 194 Å². The number of carbonyl (C=O) groups excluding carboxylic acids is 1. The Morgan fingerprint density at radius 1 is 0.515 bits per heavy atom. The predicted octanol–water partition coefficient (Wildman–Crippen LogP) is 17.5. The highest BCUT2D eigenvalue weighted by molar-refractivity contribution is 6.27. The van der Waals surface area contributed by atoms with Gasteiger partial charge in [-0.2, -0.15) is 0 Å². The van der Waals surface area contributed by atoms with Crippen LogP contribution in [-0.2, 0) is 25.8 Å². The molecule has 0 spiro atoms. The highest BCUT2D eigenvalue weighted by atomic mass is 16.5. The third kappa shape index (κ3) is 6.47. The van der Waals surface area contributed by atoms with Crippen LogP contribution in [0.15, 0.2) is 158 Å². The molecule has 0 saturated carbocycles. The van der Waals surface area contributed by atoms with Crippen LogP contribution in [0.1, 0.15) is 96.4 Å². The predicted molar refractivity (Wildman–Crippen MR) is 283 cm³/mol. The van der Waals surface area contributed by atoms with Crippen LogP contribution in [0.25, 0.3) is 98.0 Å². The van der Waals surface area contributed by atoms with Crippen molar-refractivity contribution >= 4 is 70.6 Å². The number of benzene rings is 10. The zero-order chi connectivity index (χ0) is 45.9. The smallest absolute Gasteiger partial charge is 0.330 e. The Hall–Kier alpha value is -6.77. The molecular formula is C64H58O2. The SMILES string of the molecule is C=CC(=O)OCCCCCC1(C(=C)C)c2cc(-c3ccc4ccc5cc(C(C)(C)C)cc6ccc3c4c56)ccc2-c2ccc(-c3ccc4ccc5cc(C(C)(C)C)cc6ccc3c4c56)cc21. The Labute approximate surface area is 389 Å². The van der Waals surface area contributed by atoms with Gasteiger partial charge < -0.3 is 4.74 Å². The Balaban J connectivity index is 1.06. The first-order chi connectivity index (χ1) is 31.7. The fourth-order valence-corrected chi connectivity index (χ4v) is 11.6. The molecule has 0 unspecified atom stereocenters. The molecule has 0 atom stereocenters. The number of unbranched alkanes of at least 4 members (excludes halogenated alkanes) is 2. The summed E-state index contributed by atoms with van der Waals surface area (Å²) < 4.78 is 5.40. The molecule has 0 fully saturated rings. The molecule has 2 nitrogen and oxygen atoms in total. The van der Waals surface area contributed by atoms with Gasteiger partial charge in [0.1, 0.15) is 0 Å². The average molecular weight is 859 g/mol. The van der Waals surface area contributed by atoms with Crippen LogP contribution in [0.4, 0.5) is 0 Å². The molecule has 0 radical (unpaired) electrons. The van der Waals surface area contributed by atoms with Crippen LogP contribution in [0, 0.1) is 0 Å². The fourth-order valence-electron chi connectivity index (χ4n) is 11.6. The largest absolute Gasteiger partial charge is 0.463 e. The summed E-state index contributed by atoms with van der Waals surface area (Å²) in [6.45, 7) is 24.8. The van der Waals surface area contributed by atoms with Crippen LogP contribution >= 0.6 is 0 Å². The topological polar surface area (TPSA) is 26.3 Å². The second kappa shape index (κ2) is 15.1. The van der Waals surface area contributed by atoms with E-state index in [1.54, 1.807) is 0 Å². The molecule has 0 saturated heterocycles. The third-order valence-corrected chi connectivity index (χ3v) is 15.1. The van der Waals surface area contributed by atoms with Crippen molar-refractivity contribution in [1.29, 1.82) is 0 Å². The van der Waals surface area contributed by atoms with Gasteiger partial charge in [0.2, 0.25) is 0 Å². The van der Waals surface area contributed by atoms with Crippen molar-refractivity contribution in [2.45, 2.75) is 90.4 Å². The summed E-state index contributed by atoms with van der Waals surface area (Å²) >= 11 is 0. The van der Waals surface area contributed by atoms with E-state index in [0.717, 1.165) is 31.3 Å². The van der Waals surface area contributed by atoms with Gasteiger partial charge >= 0.3 is 5.97 Å². The normalized spacial score (nSPS) is 13.7. The van der Waals surface area contributed by atoms with Crippen molar-refractivity contribution in [3.63, 3.8) is 0 Å².